The van der Waals surface area contributed by atoms with Gasteiger partial charge in [-0.2, -0.15) is 0 Å². The Labute approximate surface area is 141 Å². The Morgan fingerprint density at radius 2 is 2.13 bits per heavy atom. The van der Waals surface area contributed by atoms with Crippen LogP contribution in [-0.4, -0.2) is 35.8 Å². The molecule has 23 heavy (non-hydrogen) atoms. The van der Waals surface area contributed by atoms with Gasteiger partial charge in [0.25, 0.3) is 0 Å². The number of likely N-dealkylation sites (tertiary alicyclic amines) is 1. The van der Waals surface area contributed by atoms with Crippen molar-refractivity contribution >= 4 is 23.4 Å². The highest BCUT2D eigenvalue weighted by Crippen LogP contribution is 2.23. The molecule has 1 aliphatic heterocycles. The van der Waals surface area contributed by atoms with E-state index in [0.717, 1.165) is 12.8 Å². The van der Waals surface area contributed by atoms with Gasteiger partial charge in [-0.15, -0.1) is 0 Å². The van der Waals surface area contributed by atoms with Crippen LogP contribution in [0.2, 0.25) is 5.02 Å². The molecule has 6 heteroatoms. The van der Waals surface area contributed by atoms with Crippen LogP contribution in [0.15, 0.2) is 18.2 Å². The minimum absolute atomic E-state index is 0.00760. The Hall–Kier alpha value is -1.62. The summed E-state index contributed by atoms with van der Waals surface area (Å²) in [6, 6.07) is 4.34. The van der Waals surface area contributed by atoms with E-state index < -0.39 is 5.82 Å². The average molecular weight is 341 g/mol. The largest absolute Gasteiger partial charge is 0.351 e. The van der Waals surface area contributed by atoms with E-state index in [-0.39, 0.29) is 35.2 Å². The number of rotatable bonds is 5. The van der Waals surface area contributed by atoms with Gasteiger partial charge in [-0.05, 0) is 30.0 Å². The predicted molar refractivity (Wildman–Crippen MR) is 87.7 cm³/mol. The van der Waals surface area contributed by atoms with E-state index in [9.17, 15) is 14.0 Å². The molecule has 0 radical (unpaired) electrons. The number of benzene rings is 1. The highest BCUT2D eigenvalue weighted by atomic mass is 35.5. The molecule has 0 saturated carbocycles. The normalized spacial score (nSPS) is 20.6. The van der Waals surface area contributed by atoms with E-state index in [4.69, 9.17) is 11.6 Å². The zero-order chi connectivity index (χ0) is 17.0. The average Bonchev–Trinajstić information content (AvgIpc) is 2.86. The Morgan fingerprint density at radius 1 is 1.39 bits per heavy atom. The summed E-state index contributed by atoms with van der Waals surface area (Å²) in [5.74, 6) is -0.306. The fourth-order valence-corrected chi connectivity index (χ4v) is 3.30. The van der Waals surface area contributed by atoms with Gasteiger partial charge in [0, 0.05) is 20.0 Å². The summed E-state index contributed by atoms with van der Waals surface area (Å²) >= 11 is 5.75. The van der Waals surface area contributed by atoms with Crippen molar-refractivity contribution in [1.29, 1.82) is 0 Å². The van der Waals surface area contributed by atoms with Crippen LogP contribution in [0, 0.1) is 11.7 Å². The number of hydrogen-bond acceptors (Lipinski definition) is 2. The number of nitrogens with one attached hydrogen (secondary N) is 1. The topological polar surface area (TPSA) is 49.4 Å². The molecule has 4 nitrogen and oxygen atoms in total. The number of amides is 2. The van der Waals surface area contributed by atoms with Crippen LogP contribution in [0.5, 0.6) is 0 Å². The summed E-state index contributed by atoms with van der Waals surface area (Å²) < 4.78 is 13.2. The maximum Gasteiger partial charge on any atom is 0.227 e. The smallest absolute Gasteiger partial charge is 0.227 e. The molecule has 1 heterocycles. The minimum atomic E-state index is -0.488. The molecular weight excluding hydrogens is 319 g/mol. The molecule has 2 atom stereocenters. The maximum absolute atomic E-state index is 13.2. The molecule has 0 bridgehead atoms. The second-order valence-electron chi connectivity index (χ2n) is 6.08. The van der Waals surface area contributed by atoms with Gasteiger partial charge in [-0.25, -0.2) is 4.39 Å². The first-order valence-electron chi connectivity index (χ1n) is 7.89. The van der Waals surface area contributed by atoms with Crippen molar-refractivity contribution in [1.82, 2.24) is 10.2 Å². The Balaban J connectivity index is 2.01. The van der Waals surface area contributed by atoms with Crippen molar-refractivity contribution in [2.45, 2.75) is 39.2 Å². The molecular formula is C17H22ClFN2O2. The first-order valence-corrected chi connectivity index (χ1v) is 8.27. The minimum Gasteiger partial charge on any atom is -0.351 e. The van der Waals surface area contributed by atoms with Gasteiger partial charge >= 0.3 is 0 Å². The quantitative estimate of drug-likeness (QED) is 0.896. The van der Waals surface area contributed by atoms with Crippen LogP contribution in [-0.2, 0) is 16.0 Å². The number of nitrogens with zero attached hydrogens (tertiary/aromatic N) is 1. The molecule has 2 rings (SSSR count). The monoisotopic (exact) mass is 340 g/mol. The molecule has 1 saturated heterocycles. The van der Waals surface area contributed by atoms with Gasteiger partial charge in [-0.1, -0.05) is 31.0 Å². The molecule has 2 amide bonds. The summed E-state index contributed by atoms with van der Waals surface area (Å²) in [4.78, 5) is 25.6. The van der Waals surface area contributed by atoms with Gasteiger partial charge in [0.15, 0.2) is 0 Å². The van der Waals surface area contributed by atoms with Crippen molar-refractivity contribution in [2.75, 3.05) is 13.1 Å². The van der Waals surface area contributed by atoms with Gasteiger partial charge < -0.3 is 10.2 Å². The number of hydrogen-bond donors (Lipinski definition) is 1. The third kappa shape index (κ3) is 4.67. The molecule has 0 aromatic heterocycles. The van der Waals surface area contributed by atoms with Crippen molar-refractivity contribution in [3.8, 4) is 0 Å². The van der Waals surface area contributed by atoms with E-state index in [1.54, 1.807) is 11.0 Å². The molecule has 126 valence electrons. The highest BCUT2D eigenvalue weighted by molar-refractivity contribution is 6.30. The molecule has 1 fully saturated rings. The lowest BCUT2D eigenvalue weighted by Crippen LogP contribution is -2.40. The lowest BCUT2D eigenvalue weighted by Gasteiger charge is -2.17. The van der Waals surface area contributed by atoms with Gasteiger partial charge in [0.05, 0.1) is 17.5 Å². The molecule has 1 aliphatic rings. The van der Waals surface area contributed by atoms with Crippen LogP contribution in [0.1, 0.15) is 32.3 Å². The molecule has 0 spiro atoms. The fraction of sp³-hybridized carbons (Fsp3) is 0.529. The highest BCUT2D eigenvalue weighted by Gasteiger charge is 2.34. The van der Waals surface area contributed by atoms with E-state index in [1.165, 1.54) is 19.1 Å². The van der Waals surface area contributed by atoms with E-state index >= 15 is 0 Å². The van der Waals surface area contributed by atoms with Gasteiger partial charge in [0.2, 0.25) is 11.8 Å². The van der Waals surface area contributed by atoms with Gasteiger partial charge in [-0.3, -0.25) is 9.59 Å². The van der Waals surface area contributed by atoms with Gasteiger partial charge in [0.1, 0.15) is 5.82 Å². The lowest BCUT2D eigenvalue weighted by molar-refractivity contribution is -0.129. The van der Waals surface area contributed by atoms with Crippen LogP contribution >= 0.6 is 11.6 Å². The SMILES string of the molecule is CCC[C@@H]1CN(C(=O)Cc2ccc(F)c(Cl)c2)C[C@H]1NC(C)=O. The zero-order valence-electron chi connectivity index (χ0n) is 13.4. The Kier molecular flexibility index (Phi) is 5.99. The van der Waals surface area contributed by atoms with Crippen LogP contribution in [0.4, 0.5) is 4.39 Å². The van der Waals surface area contributed by atoms with Crippen molar-refractivity contribution < 1.29 is 14.0 Å². The summed E-state index contributed by atoms with van der Waals surface area (Å²) in [6.07, 6.45) is 2.17. The van der Waals surface area contributed by atoms with Crippen LogP contribution in [0.25, 0.3) is 0 Å². The third-order valence-corrected chi connectivity index (χ3v) is 4.47. The van der Waals surface area contributed by atoms with E-state index in [1.807, 2.05) is 0 Å². The Morgan fingerprint density at radius 3 is 2.74 bits per heavy atom. The zero-order valence-corrected chi connectivity index (χ0v) is 14.2. The second-order valence-corrected chi connectivity index (χ2v) is 6.49. The van der Waals surface area contributed by atoms with Crippen molar-refractivity contribution in [3.63, 3.8) is 0 Å². The van der Waals surface area contributed by atoms with E-state index in [0.29, 0.717) is 18.7 Å². The predicted octanol–water partition coefficient (Wildman–Crippen LogP) is 2.78. The fourth-order valence-electron chi connectivity index (χ4n) is 3.10. The summed E-state index contributed by atoms with van der Waals surface area (Å²) in [5, 5.41) is 2.96. The lowest BCUT2D eigenvalue weighted by atomic mass is 9.98. The number of carbonyl (C=O) groups excluding carboxylic acids is 2. The summed E-state index contributed by atoms with van der Waals surface area (Å²) in [7, 11) is 0. The molecule has 0 unspecified atom stereocenters. The van der Waals surface area contributed by atoms with Crippen molar-refractivity contribution in [2.24, 2.45) is 5.92 Å². The molecule has 1 N–H and O–H groups in total. The molecule has 1 aromatic rings. The Bertz CT molecular complexity index is 594. The van der Waals surface area contributed by atoms with Crippen LogP contribution < -0.4 is 5.32 Å². The first kappa shape index (κ1) is 17.7. The number of carbonyl (C=O) groups is 2. The summed E-state index contributed by atoms with van der Waals surface area (Å²) in [5.41, 5.74) is 0.691. The second kappa shape index (κ2) is 7.77. The number of halogens is 2. The molecule has 0 aliphatic carbocycles. The van der Waals surface area contributed by atoms with Crippen LogP contribution in [0.3, 0.4) is 0 Å². The third-order valence-electron chi connectivity index (χ3n) is 4.18. The standard InChI is InChI=1S/C17H22ClFN2O2/c1-3-4-13-9-21(10-16(13)20-11(2)22)17(23)8-12-5-6-15(19)14(18)7-12/h5-7,13,16H,3-4,8-10H2,1-2H3,(H,20,22)/t13-,16-/m1/s1. The van der Waals surface area contributed by atoms with Crippen molar-refractivity contribution in [3.05, 3.63) is 34.6 Å². The first-order chi connectivity index (χ1) is 10.9. The van der Waals surface area contributed by atoms with E-state index in [2.05, 4.69) is 12.2 Å². The molecule has 1 aromatic carbocycles. The summed E-state index contributed by atoms with van der Waals surface area (Å²) in [6.45, 7) is 4.76. The maximum atomic E-state index is 13.2.